The van der Waals surface area contributed by atoms with Crippen molar-refractivity contribution in [1.29, 1.82) is 0 Å². The lowest BCUT2D eigenvalue weighted by Crippen LogP contribution is -2.30. The van der Waals surface area contributed by atoms with Crippen LogP contribution < -0.4 is 0 Å². The van der Waals surface area contributed by atoms with Crippen LogP contribution in [0.2, 0.25) is 0 Å². The Balaban J connectivity index is 5.50. The van der Waals surface area contributed by atoms with Crippen LogP contribution in [-0.2, 0) is 65.4 Å². The quantitative estimate of drug-likeness (QED) is 0.0169. The van der Waals surface area contributed by atoms with Gasteiger partial charge in [0.15, 0.2) is 12.2 Å². The van der Waals surface area contributed by atoms with E-state index in [0.717, 1.165) is 161 Å². The molecule has 0 amide bonds. The van der Waals surface area contributed by atoms with Gasteiger partial charge >= 0.3 is 39.5 Å². The predicted molar refractivity (Wildman–Crippen MR) is 417 cm³/mol. The Morgan fingerprint density at radius 2 is 0.539 bits per heavy atom. The average molecular weight is 1470 g/mol. The third kappa shape index (κ3) is 72.8. The zero-order chi connectivity index (χ0) is 74.6. The molecule has 0 aliphatic carbocycles. The van der Waals surface area contributed by atoms with Crippen molar-refractivity contribution in [2.24, 2.45) is 0 Å². The lowest BCUT2D eigenvalue weighted by molar-refractivity contribution is -0.161. The molecule has 3 N–H and O–H groups in total. The van der Waals surface area contributed by atoms with Gasteiger partial charge in [-0.2, -0.15) is 0 Å². The van der Waals surface area contributed by atoms with E-state index in [1.807, 2.05) is 24.3 Å². The predicted octanol–water partition coefficient (Wildman–Crippen LogP) is 22.2. The second-order valence-electron chi connectivity index (χ2n) is 24.8. The molecule has 5 atom stereocenters. The van der Waals surface area contributed by atoms with Gasteiger partial charge in [-0.15, -0.1) is 0 Å². The van der Waals surface area contributed by atoms with Crippen molar-refractivity contribution in [3.8, 4) is 0 Å². The molecule has 0 saturated carbocycles. The highest BCUT2D eigenvalue weighted by atomic mass is 31.2. The molecule has 0 aromatic heterocycles. The summed E-state index contributed by atoms with van der Waals surface area (Å²) in [6.07, 6.45) is 86.4. The summed E-state index contributed by atoms with van der Waals surface area (Å²) in [4.78, 5) is 72.9. The fraction of sp³-hybridized carbons (Fsp3) is 0.614. The molecule has 0 radical (unpaired) electrons. The van der Waals surface area contributed by atoms with Crippen LogP contribution in [0.5, 0.6) is 0 Å². The third-order valence-corrected chi connectivity index (χ3v) is 17.0. The molecule has 19 heteroatoms. The first-order valence-electron chi connectivity index (χ1n) is 38.4. The number of ether oxygens (including phenoxy) is 4. The number of allylic oxidation sites excluding steroid dienone is 28. The van der Waals surface area contributed by atoms with Gasteiger partial charge in [-0.05, 0) is 161 Å². The van der Waals surface area contributed by atoms with Crippen LogP contribution in [0.1, 0.15) is 272 Å². The van der Waals surface area contributed by atoms with E-state index in [1.165, 1.54) is 19.3 Å². The van der Waals surface area contributed by atoms with E-state index in [0.29, 0.717) is 38.5 Å². The number of phosphoric ester groups is 2. The molecule has 5 unspecified atom stereocenters. The van der Waals surface area contributed by atoms with Crippen molar-refractivity contribution in [2.75, 3.05) is 39.6 Å². The molecule has 0 saturated heterocycles. The van der Waals surface area contributed by atoms with E-state index in [4.69, 9.17) is 37.0 Å². The van der Waals surface area contributed by atoms with E-state index >= 15 is 0 Å². The summed E-state index contributed by atoms with van der Waals surface area (Å²) in [6.45, 7) is 4.36. The maximum absolute atomic E-state index is 13.1. The minimum Gasteiger partial charge on any atom is -0.462 e. The molecule has 0 rings (SSSR count). The zero-order valence-electron chi connectivity index (χ0n) is 63.0. The number of esters is 4. The molecule has 0 bridgehead atoms. The zero-order valence-corrected chi connectivity index (χ0v) is 64.8. The minimum atomic E-state index is -5.01. The van der Waals surface area contributed by atoms with Crippen molar-refractivity contribution < 1.29 is 80.2 Å². The monoisotopic (exact) mass is 1460 g/mol. The molecule has 0 fully saturated rings. The number of carbonyl (C=O) groups is 4. The topological polar surface area (TPSA) is 237 Å². The first-order valence-corrected chi connectivity index (χ1v) is 41.4. The van der Waals surface area contributed by atoms with Crippen molar-refractivity contribution in [2.45, 2.75) is 290 Å². The summed E-state index contributed by atoms with van der Waals surface area (Å²) in [6, 6.07) is 0. The molecule has 102 heavy (non-hydrogen) atoms. The molecular formula is C83H134O17P2. The highest BCUT2D eigenvalue weighted by Gasteiger charge is 2.30. The molecular weight excluding hydrogens is 1330 g/mol. The number of aliphatic hydroxyl groups excluding tert-OH is 1. The summed E-state index contributed by atoms with van der Waals surface area (Å²) >= 11 is 0. The minimum absolute atomic E-state index is 0.00268. The molecule has 0 aromatic carbocycles. The third-order valence-electron chi connectivity index (χ3n) is 15.1. The molecule has 17 nitrogen and oxygen atoms in total. The Bertz CT molecular complexity index is 2600. The summed E-state index contributed by atoms with van der Waals surface area (Å²) < 4.78 is 68.4. The van der Waals surface area contributed by atoms with Crippen LogP contribution in [0, 0.1) is 0 Å². The van der Waals surface area contributed by atoms with Crippen LogP contribution in [0.15, 0.2) is 170 Å². The van der Waals surface area contributed by atoms with Crippen molar-refractivity contribution in [3.63, 3.8) is 0 Å². The second-order valence-corrected chi connectivity index (χ2v) is 27.7. The smallest absolute Gasteiger partial charge is 0.462 e. The van der Waals surface area contributed by atoms with Crippen molar-refractivity contribution >= 4 is 39.5 Å². The van der Waals surface area contributed by atoms with Crippen LogP contribution in [0.25, 0.3) is 0 Å². The summed E-state index contributed by atoms with van der Waals surface area (Å²) in [5.41, 5.74) is 0. The maximum Gasteiger partial charge on any atom is 0.472 e. The van der Waals surface area contributed by atoms with E-state index in [-0.39, 0.29) is 25.7 Å². The second kappa shape index (κ2) is 73.7. The van der Waals surface area contributed by atoms with Crippen LogP contribution in [0.3, 0.4) is 0 Å². The maximum atomic E-state index is 13.1. The Morgan fingerprint density at radius 3 is 0.873 bits per heavy atom. The summed E-state index contributed by atoms with van der Waals surface area (Å²) in [5.74, 6) is -2.36. The van der Waals surface area contributed by atoms with Crippen LogP contribution in [-0.4, -0.2) is 96.7 Å². The van der Waals surface area contributed by atoms with E-state index in [2.05, 4.69) is 174 Å². The molecule has 578 valence electrons. The first kappa shape index (κ1) is 96.4. The lowest BCUT2D eigenvalue weighted by atomic mass is 10.1. The largest absolute Gasteiger partial charge is 0.472 e. The van der Waals surface area contributed by atoms with E-state index in [9.17, 15) is 43.2 Å². The molecule has 0 aromatic rings. The highest BCUT2D eigenvalue weighted by molar-refractivity contribution is 7.47. The van der Waals surface area contributed by atoms with Gasteiger partial charge in [0, 0.05) is 25.7 Å². The van der Waals surface area contributed by atoms with Crippen LogP contribution in [0.4, 0.5) is 0 Å². The van der Waals surface area contributed by atoms with Gasteiger partial charge in [0.25, 0.3) is 0 Å². The highest BCUT2D eigenvalue weighted by Crippen LogP contribution is 2.45. The Hall–Kier alpha value is -5.58. The standard InChI is InChI=1S/C83H134O17P2/c1-5-9-13-17-21-25-29-33-36-38-41-45-48-52-56-60-64-68-81(86)94-74-79(100-83(88)70-66-62-58-54-50-46-42-39-37-34-30-26-22-18-14-10-6-2)76-98-102(91,92)96-72-77(84)71-95-101(89,90)97-75-78(99-82(87)69-65-61-57-53-49-43-32-28-24-20-16-12-8-4)73-93-80(85)67-63-59-55-51-47-44-40-35-31-27-23-19-15-11-7-3/h9-10,13-14,16,20-23,25-28,32-37,40-42,45-46,52,54,56,58,77-79,84H,5-8,11-12,15,17-19,24,29-31,38-39,43-44,47-51,53,55,57,59-76H2,1-4H3,(H,89,90)(H,91,92)/b13-9-,14-10-,20-16-,25-21-,26-22-,27-23-,32-28-,36-33-,37-34-,40-35-,45-41-,46-42-,56-52-,58-54-. The van der Waals surface area contributed by atoms with E-state index in [1.54, 1.807) is 0 Å². The fourth-order valence-corrected chi connectivity index (χ4v) is 10.9. The van der Waals surface area contributed by atoms with Crippen molar-refractivity contribution in [1.82, 2.24) is 0 Å². The number of carbonyl (C=O) groups excluding carboxylic acids is 4. The fourth-order valence-electron chi connectivity index (χ4n) is 9.36. The normalized spacial score (nSPS) is 14.9. The summed E-state index contributed by atoms with van der Waals surface area (Å²) in [7, 11) is -10.0. The number of aliphatic hydroxyl groups is 1. The van der Waals surface area contributed by atoms with Gasteiger partial charge < -0.3 is 33.8 Å². The SMILES string of the molecule is CC/C=C\C/C=C\C/C=C\C/C=C\C/C=C\CCCC(=O)OCC(COP(=O)(O)OCC(O)COP(=O)(O)OCC(COC(=O)CCCCCCC/C=C\C/C=C\CCCCC)OC(=O)CCCCCCC/C=C\C/C=C\CCC)OC(=O)CCC/C=C\C/C=C\C/C=C\C/C=C\C/C=C\CC. The number of hydrogen-bond acceptors (Lipinski definition) is 15. The average Bonchev–Trinajstić information content (AvgIpc) is 0.959. The molecule has 0 aliphatic rings. The van der Waals surface area contributed by atoms with Crippen LogP contribution >= 0.6 is 15.6 Å². The van der Waals surface area contributed by atoms with Gasteiger partial charge in [0.1, 0.15) is 19.3 Å². The molecule has 0 heterocycles. The van der Waals surface area contributed by atoms with Gasteiger partial charge in [-0.25, -0.2) is 9.13 Å². The number of unbranched alkanes of at least 4 members (excludes halogenated alkanes) is 16. The Labute approximate surface area is 616 Å². The number of hydrogen-bond donors (Lipinski definition) is 3. The Morgan fingerprint density at radius 1 is 0.284 bits per heavy atom. The van der Waals surface area contributed by atoms with Crippen molar-refractivity contribution in [3.05, 3.63) is 170 Å². The van der Waals surface area contributed by atoms with Gasteiger partial charge in [-0.3, -0.25) is 37.3 Å². The Kier molecular flexibility index (Phi) is 69.7. The molecule has 0 aliphatic heterocycles. The number of rotatable bonds is 70. The first-order chi connectivity index (χ1) is 49.7. The molecule has 0 spiro atoms. The summed E-state index contributed by atoms with van der Waals surface area (Å²) in [5, 5.41) is 10.6. The van der Waals surface area contributed by atoms with Gasteiger partial charge in [0.05, 0.1) is 26.4 Å². The van der Waals surface area contributed by atoms with Gasteiger partial charge in [-0.1, -0.05) is 256 Å². The van der Waals surface area contributed by atoms with Gasteiger partial charge in [0.2, 0.25) is 0 Å². The van der Waals surface area contributed by atoms with E-state index < -0.39 is 97.5 Å². The lowest BCUT2D eigenvalue weighted by Gasteiger charge is -2.21. The number of phosphoric acid groups is 2.